The number of aromatic hydroxyl groups is 1. The van der Waals surface area contributed by atoms with Crippen LogP contribution in [0.3, 0.4) is 0 Å². The van der Waals surface area contributed by atoms with Crippen molar-refractivity contribution in [2.24, 2.45) is 0 Å². The number of halogens is 1. The molecule has 1 unspecified atom stereocenters. The van der Waals surface area contributed by atoms with Gasteiger partial charge in [-0.15, -0.1) is 0 Å². The Morgan fingerprint density at radius 1 is 1.21 bits per heavy atom. The van der Waals surface area contributed by atoms with Crippen LogP contribution in [0.15, 0.2) is 36.8 Å². The van der Waals surface area contributed by atoms with Crippen molar-refractivity contribution in [1.82, 2.24) is 29.5 Å². The van der Waals surface area contributed by atoms with Crippen LogP contribution in [-0.4, -0.2) is 45.7 Å². The van der Waals surface area contributed by atoms with Crippen LogP contribution in [0.2, 0.25) is 5.02 Å². The van der Waals surface area contributed by atoms with Crippen LogP contribution in [0.5, 0.6) is 5.88 Å². The summed E-state index contributed by atoms with van der Waals surface area (Å²) in [5.74, 6) is -1.34. The van der Waals surface area contributed by atoms with E-state index in [-0.39, 0.29) is 23.4 Å². The van der Waals surface area contributed by atoms with E-state index >= 15 is 0 Å². The number of nitrogens with zero attached hydrogens (tertiary/aromatic N) is 6. The lowest BCUT2D eigenvalue weighted by Gasteiger charge is -2.15. The summed E-state index contributed by atoms with van der Waals surface area (Å²) in [6.45, 7) is 3.86. The Bertz CT molecular complexity index is 1220. The molecule has 0 saturated carbocycles. The molecular weight excluding hydrogens is 384 g/mol. The van der Waals surface area contributed by atoms with E-state index < -0.39 is 5.97 Å². The number of carbonyl (C=O) groups is 1. The van der Waals surface area contributed by atoms with Gasteiger partial charge in [0, 0.05) is 11.2 Å². The van der Waals surface area contributed by atoms with E-state index in [9.17, 15) is 9.90 Å². The molecule has 1 atom stereocenters. The summed E-state index contributed by atoms with van der Waals surface area (Å²) in [4.78, 5) is 19.4. The number of hydrogen-bond donors (Lipinski definition) is 2. The Balaban J connectivity index is 1.77. The van der Waals surface area contributed by atoms with Crippen molar-refractivity contribution in [2.45, 2.75) is 19.9 Å². The van der Waals surface area contributed by atoms with Gasteiger partial charge in [0.2, 0.25) is 5.88 Å². The molecule has 0 aliphatic carbocycles. The first-order valence-electron chi connectivity index (χ1n) is 8.33. The van der Waals surface area contributed by atoms with Crippen LogP contribution in [0.4, 0.5) is 0 Å². The third kappa shape index (κ3) is 2.95. The summed E-state index contributed by atoms with van der Waals surface area (Å²) in [5.41, 5.74) is 2.68. The molecule has 3 heterocycles. The predicted octanol–water partition coefficient (Wildman–Crippen LogP) is 2.99. The Morgan fingerprint density at radius 3 is 2.68 bits per heavy atom. The Hall–Kier alpha value is -3.46. The van der Waals surface area contributed by atoms with E-state index in [2.05, 4.69) is 20.2 Å². The van der Waals surface area contributed by atoms with Gasteiger partial charge in [0.05, 0.1) is 24.0 Å². The number of aryl methyl sites for hydroxylation is 1. The van der Waals surface area contributed by atoms with Gasteiger partial charge >= 0.3 is 5.97 Å². The number of aromatic nitrogens is 6. The van der Waals surface area contributed by atoms with Gasteiger partial charge in [-0.05, 0) is 31.0 Å². The summed E-state index contributed by atoms with van der Waals surface area (Å²) in [6.07, 6.45) is 3.97. The third-order valence-corrected chi connectivity index (χ3v) is 4.90. The summed E-state index contributed by atoms with van der Waals surface area (Å²) in [5, 5.41) is 28.5. The molecule has 0 bridgehead atoms. The van der Waals surface area contributed by atoms with Crippen LogP contribution in [0, 0.1) is 6.92 Å². The maximum absolute atomic E-state index is 11.0. The average molecular weight is 399 g/mol. The van der Waals surface area contributed by atoms with Gasteiger partial charge in [0.15, 0.2) is 0 Å². The van der Waals surface area contributed by atoms with Crippen LogP contribution in [-0.2, 0) is 0 Å². The highest BCUT2D eigenvalue weighted by molar-refractivity contribution is 6.31. The second kappa shape index (κ2) is 6.61. The third-order valence-electron chi connectivity index (χ3n) is 4.48. The van der Waals surface area contributed by atoms with Crippen molar-refractivity contribution in [3.8, 4) is 11.8 Å². The molecule has 1 aromatic carbocycles. The molecular formula is C18H15ClN6O3. The minimum Gasteiger partial charge on any atom is -0.492 e. The fourth-order valence-electron chi connectivity index (χ4n) is 2.94. The molecule has 9 nitrogen and oxygen atoms in total. The number of carboxylic acid groups (broad SMARTS) is 1. The molecule has 142 valence electrons. The Labute approximate surface area is 163 Å². The molecule has 0 spiro atoms. The number of benzene rings is 1. The fraction of sp³-hybridized carbons (Fsp3) is 0.167. The molecule has 28 heavy (non-hydrogen) atoms. The number of fused-ring (bicyclic) bond motifs is 1. The van der Waals surface area contributed by atoms with Gasteiger partial charge in [-0.2, -0.15) is 15.2 Å². The first-order chi connectivity index (χ1) is 13.3. The second-order valence-electron chi connectivity index (χ2n) is 6.33. The van der Waals surface area contributed by atoms with Crippen molar-refractivity contribution >= 4 is 28.6 Å². The standard InChI is InChI=1S/C18H15ClN6O3/c1-9-5-11(3-4-13(9)19)10(2)25-15-14(7-21-25)22-18(23-16(15)26)24-8-12(6-20-24)17(27)28/h3-8,10H,1-2H3,(H,27,28)(H,22,23,26). The number of carboxylic acids is 1. The zero-order valence-electron chi connectivity index (χ0n) is 14.9. The SMILES string of the molecule is Cc1cc(C(C)n2ncc3nc(-n4cc(C(=O)O)cn4)nc(O)c32)ccc1Cl. The van der Waals surface area contributed by atoms with Crippen molar-refractivity contribution in [3.05, 3.63) is 58.5 Å². The zero-order valence-corrected chi connectivity index (χ0v) is 15.7. The highest BCUT2D eigenvalue weighted by Crippen LogP contribution is 2.29. The molecule has 0 amide bonds. The van der Waals surface area contributed by atoms with Crippen LogP contribution < -0.4 is 0 Å². The number of aromatic carboxylic acids is 1. The molecule has 3 aromatic heterocycles. The lowest BCUT2D eigenvalue weighted by molar-refractivity contribution is 0.0697. The van der Waals surface area contributed by atoms with Gasteiger partial charge in [-0.3, -0.25) is 4.68 Å². The normalized spacial score (nSPS) is 12.4. The predicted molar refractivity (Wildman–Crippen MR) is 101 cm³/mol. The minimum atomic E-state index is -1.11. The molecule has 10 heteroatoms. The van der Waals surface area contributed by atoms with Gasteiger partial charge < -0.3 is 10.2 Å². The molecule has 0 aliphatic heterocycles. The van der Waals surface area contributed by atoms with Gasteiger partial charge in [0.25, 0.3) is 5.95 Å². The van der Waals surface area contributed by atoms with E-state index in [0.29, 0.717) is 16.1 Å². The largest absolute Gasteiger partial charge is 0.492 e. The number of rotatable bonds is 4. The van der Waals surface area contributed by atoms with Crippen molar-refractivity contribution in [3.63, 3.8) is 0 Å². The van der Waals surface area contributed by atoms with E-state index in [1.54, 1.807) is 4.68 Å². The Morgan fingerprint density at radius 2 is 2.00 bits per heavy atom. The van der Waals surface area contributed by atoms with Gasteiger partial charge in [-0.1, -0.05) is 23.7 Å². The van der Waals surface area contributed by atoms with E-state index in [1.807, 2.05) is 32.0 Å². The summed E-state index contributed by atoms with van der Waals surface area (Å²) >= 11 is 6.10. The number of hydrogen-bond acceptors (Lipinski definition) is 6. The van der Waals surface area contributed by atoms with Crippen molar-refractivity contribution in [1.29, 1.82) is 0 Å². The molecule has 0 saturated heterocycles. The van der Waals surface area contributed by atoms with E-state index in [4.69, 9.17) is 16.7 Å². The average Bonchev–Trinajstić information content (AvgIpc) is 3.30. The molecule has 0 fully saturated rings. The molecule has 4 rings (SSSR count). The van der Waals surface area contributed by atoms with Crippen molar-refractivity contribution < 1.29 is 15.0 Å². The summed E-state index contributed by atoms with van der Waals surface area (Å²) in [7, 11) is 0. The fourth-order valence-corrected chi connectivity index (χ4v) is 3.06. The lowest BCUT2D eigenvalue weighted by Crippen LogP contribution is -2.09. The lowest BCUT2D eigenvalue weighted by atomic mass is 10.1. The Kier molecular flexibility index (Phi) is 4.23. The maximum atomic E-state index is 11.0. The summed E-state index contributed by atoms with van der Waals surface area (Å²) < 4.78 is 2.81. The highest BCUT2D eigenvalue weighted by Gasteiger charge is 2.19. The van der Waals surface area contributed by atoms with Crippen LogP contribution in [0.25, 0.3) is 17.0 Å². The summed E-state index contributed by atoms with van der Waals surface area (Å²) in [6, 6.07) is 5.48. The second-order valence-corrected chi connectivity index (χ2v) is 6.74. The first-order valence-corrected chi connectivity index (χ1v) is 8.71. The van der Waals surface area contributed by atoms with Crippen LogP contribution >= 0.6 is 11.6 Å². The topological polar surface area (TPSA) is 119 Å². The smallest absolute Gasteiger partial charge is 0.338 e. The van der Waals surface area contributed by atoms with Crippen LogP contribution in [0.1, 0.15) is 34.5 Å². The van der Waals surface area contributed by atoms with E-state index in [1.165, 1.54) is 23.3 Å². The molecule has 0 aliphatic rings. The van der Waals surface area contributed by atoms with E-state index in [0.717, 1.165) is 11.1 Å². The van der Waals surface area contributed by atoms with Crippen molar-refractivity contribution in [2.75, 3.05) is 0 Å². The first kappa shape index (κ1) is 17.9. The maximum Gasteiger partial charge on any atom is 0.338 e. The quantitative estimate of drug-likeness (QED) is 0.542. The monoisotopic (exact) mass is 398 g/mol. The molecule has 2 N–H and O–H groups in total. The molecule has 4 aromatic rings. The zero-order chi connectivity index (χ0) is 20.0. The van der Waals surface area contributed by atoms with Gasteiger partial charge in [0.1, 0.15) is 11.0 Å². The minimum absolute atomic E-state index is 0.00869. The van der Waals surface area contributed by atoms with Gasteiger partial charge in [-0.25, -0.2) is 14.5 Å². The molecule has 0 radical (unpaired) electrons. The highest BCUT2D eigenvalue weighted by atomic mass is 35.5.